The van der Waals surface area contributed by atoms with Gasteiger partial charge >= 0.3 is 0 Å². The summed E-state index contributed by atoms with van der Waals surface area (Å²) in [6.45, 7) is 4.00. The van der Waals surface area contributed by atoms with Gasteiger partial charge in [0.2, 0.25) is 5.91 Å². The summed E-state index contributed by atoms with van der Waals surface area (Å²) in [5.74, 6) is -5.30. The highest BCUT2D eigenvalue weighted by Gasteiger charge is 2.48. The molecule has 3 aromatic rings. The second-order valence-corrected chi connectivity index (χ2v) is 12.3. The Morgan fingerprint density at radius 3 is 2.41 bits per heavy atom. The number of nitrogens with one attached hydrogen (secondary N) is 2. The molecule has 0 bridgehead atoms. The van der Waals surface area contributed by atoms with Crippen LogP contribution in [0.2, 0.25) is 0 Å². The minimum atomic E-state index is -2.93. The first-order valence-corrected chi connectivity index (χ1v) is 14.1. The molecule has 0 spiro atoms. The maximum atomic E-state index is 16.1. The number of aryl methyl sites for hydroxylation is 1. The number of carbonyl (C=O) groups is 2. The number of halogens is 4. The van der Waals surface area contributed by atoms with Gasteiger partial charge in [-0.15, -0.1) is 0 Å². The zero-order valence-electron chi connectivity index (χ0n) is 23.7. The molecule has 2 amide bonds. The minimum absolute atomic E-state index is 0.00100. The van der Waals surface area contributed by atoms with Gasteiger partial charge in [-0.05, 0) is 63.0 Å². The molecular formula is C29H36F4N6O2. The van der Waals surface area contributed by atoms with Gasteiger partial charge in [0.05, 0.1) is 30.6 Å². The Labute approximate surface area is 235 Å². The number of likely N-dealkylation sites (tertiary alicyclic amines) is 1. The number of hydrogen-bond donors (Lipinski definition) is 2. The van der Waals surface area contributed by atoms with Crippen molar-refractivity contribution in [1.82, 2.24) is 30.0 Å². The van der Waals surface area contributed by atoms with Gasteiger partial charge in [-0.1, -0.05) is 19.9 Å². The average molecular weight is 577 g/mol. The van der Waals surface area contributed by atoms with Crippen LogP contribution in [0.15, 0.2) is 24.4 Å². The number of aromatic amines is 1. The predicted octanol–water partition coefficient (Wildman–Crippen LogP) is 5.43. The first-order valence-electron chi connectivity index (χ1n) is 14.1. The minimum Gasteiger partial charge on any atom is -0.340 e. The summed E-state index contributed by atoms with van der Waals surface area (Å²) >= 11 is 0. The van der Waals surface area contributed by atoms with Crippen LogP contribution in [0.1, 0.15) is 86.7 Å². The van der Waals surface area contributed by atoms with Crippen LogP contribution in [0.3, 0.4) is 0 Å². The van der Waals surface area contributed by atoms with Crippen molar-refractivity contribution < 1.29 is 27.2 Å². The lowest BCUT2D eigenvalue weighted by atomic mass is 9.77. The van der Waals surface area contributed by atoms with E-state index in [-0.39, 0.29) is 35.2 Å². The Morgan fingerprint density at radius 2 is 1.83 bits per heavy atom. The van der Waals surface area contributed by atoms with Gasteiger partial charge in [-0.2, -0.15) is 5.10 Å². The van der Waals surface area contributed by atoms with Gasteiger partial charge in [0.25, 0.3) is 11.8 Å². The monoisotopic (exact) mass is 576 g/mol. The molecule has 1 aliphatic carbocycles. The van der Waals surface area contributed by atoms with Crippen LogP contribution in [-0.4, -0.2) is 61.1 Å². The average Bonchev–Trinajstić information content (AvgIpc) is 3.51. The van der Waals surface area contributed by atoms with Gasteiger partial charge in [-0.3, -0.25) is 14.3 Å². The number of rotatable bonds is 8. The number of imidazole rings is 1. The van der Waals surface area contributed by atoms with Crippen molar-refractivity contribution in [2.45, 2.75) is 76.4 Å². The molecular weight excluding hydrogens is 540 g/mol. The Morgan fingerprint density at radius 1 is 1.15 bits per heavy atom. The lowest BCUT2D eigenvalue weighted by molar-refractivity contribution is -0.167. The molecule has 41 heavy (non-hydrogen) atoms. The molecule has 12 heteroatoms. The number of fused-ring (bicyclic) bond motifs is 1. The number of carbonyl (C=O) groups excluding carboxylic acids is 2. The molecule has 2 aromatic heterocycles. The Balaban J connectivity index is 1.49. The van der Waals surface area contributed by atoms with E-state index in [4.69, 9.17) is 0 Å². The summed E-state index contributed by atoms with van der Waals surface area (Å²) in [5, 5.41) is 7.05. The van der Waals surface area contributed by atoms with Crippen molar-refractivity contribution in [2.75, 3.05) is 13.1 Å². The fourth-order valence-corrected chi connectivity index (χ4v) is 6.01. The van der Waals surface area contributed by atoms with E-state index in [1.807, 2.05) is 13.8 Å². The molecule has 2 aliphatic rings. The second-order valence-electron chi connectivity index (χ2n) is 12.3. The molecule has 1 unspecified atom stereocenters. The highest BCUT2D eigenvalue weighted by Crippen LogP contribution is 2.41. The summed E-state index contributed by atoms with van der Waals surface area (Å²) < 4.78 is 59.2. The molecule has 1 aromatic carbocycles. The third kappa shape index (κ3) is 5.97. The first-order chi connectivity index (χ1) is 19.2. The van der Waals surface area contributed by atoms with Crippen LogP contribution in [-0.2, 0) is 11.8 Å². The predicted molar refractivity (Wildman–Crippen MR) is 145 cm³/mol. The van der Waals surface area contributed by atoms with E-state index in [9.17, 15) is 22.8 Å². The van der Waals surface area contributed by atoms with E-state index in [2.05, 4.69) is 20.4 Å². The summed E-state index contributed by atoms with van der Waals surface area (Å²) in [6.07, 6.45) is 3.44. The molecule has 3 heterocycles. The van der Waals surface area contributed by atoms with Crippen molar-refractivity contribution in [3.63, 3.8) is 0 Å². The van der Waals surface area contributed by atoms with E-state index >= 15 is 4.39 Å². The van der Waals surface area contributed by atoms with Crippen LogP contribution < -0.4 is 5.32 Å². The van der Waals surface area contributed by atoms with Crippen LogP contribution in [0.5, 0.6) is 0 Å². The van der Waals surface area contributed by atoms with Crippen molar-refractivity contribution in [1.29, 1.82) is 0 Å². The van der Waals surface area contributed by atoms with E-state index in [0.717, 1.165) is 4.90 Å². The van der Waals surface area contributed by atoms with Crippen molar-refractivity contribution >= 4 is 22.8 Å². The highest BCUT2D eigenvalue weighted by atomic mass is 19.3. The topological polar surface area (TPSA) is 95.9 Å². The van der Waals surface area contributed by atoms with Gasteiger partial charge in [0.1, 0.15) is 22.7 Å². The summed E-state index contributed by atoms with van der Waals surface area (Å²) in [4.78, 5) is 35.1. The van der Waals surface area contributed by atoms with Gasteiger partial charge < -0.3 is 15.2 Å². The van der Waals surface area contributed by atoms with E-state index < -0.39 is 48.4 Å². The Hall–Kier alpha value is -3.44. The van der Waals surface area contributed by atoms with Crippen LogP contribution in [0, 0.1) is 17.7 Å². The number of aromatic nitrogens is 4. The zero-order chi connectivity index (χ0) is 29.7. The number of nitrogens with zero attached hydrogens (tertiary/aromatic N) is 4. The summed E-state index contributed by atoms with van der Waals surface area (Å²) in [7, 11) is 1.65. The van der Waals surface area contributed by atoms with Crippen LogP contribution in [0.25, 0.3) is 11.0 Å². The highest BCUT2D eigenvalue weighted by molar-refractivity contribution is 5.93. The maximum Gasteiger partial charge on any atom is 0.282 e. The maximum absolute atomic E-state index is 16.1. The van der Waals surface area contributed by atoms with Crippen molar-refractivity contribution in [3.8, 4) is 0 Å². The molecule has 2 atom stereocenters. The molecule has 222 valence electrons. The standard InChI is InChI=1S/C29H36F4N6O2/c1-16(2)13-19(27(41)39-14-29(32,33)15-39)18-5-6-20-24(22(18)30)36-25(35-20)23(17-7-10-28(3,31)11-8-17)37-26(40)21-9-12-34-38(21)4/h5-6,9,12,16-17,19,23H,7-8,10-11,13-15H2,1-4H3,(H,35,36)(H,37,40)/t17?,19?,23-,28?/m0/s1. The quantitative estimate of drug-likeness (QED) is 0.350. The molecule has 8 nitrogen and oxygen atoms in total. The van der Waals surface area contributed by atoms with E-state index in [1.165, 1.54) is 16.9 Å². The lowest BCUT2D eigenvalue weighted by Gasteiger charge is -2.40. The molecule has 0 radical (unpaired) electrons. The number of amides is 2. The SMILES string of the molecule is CC(C)CC(C(=O)N1CC(F)(F)C1)c1ccc2[nH]c([C@@H](NC(=O)c3ccnn3C)C3CCC(C)(F)CC3)nc2c1F. The zero-order valence-corrected chi connectivity index (χ0v) is 23.7. The third-order valence-electron chi connectivity index (χ3n) is 8.36. The largest absolute Gasteiger partial charge is 0.340 e. The molecule has 1 saturated heterocycles. The smallest absolute Gasteiger partial charge is 0.282 e. The fourth-order valence-electron chi connectivity index (χ4n) is 6.01. The lowest BCUT2D eigenvalue weighted by Crippen LogP contribution is -2.59. The molecule has 2 N–H and O–H groups in total. The number of hydrogen-bond acceptors (Lipinski definition) is 4. The molecule has 5 rings (SSSR count). The van der Waals surface area contributed by atoms with Gasteiger partial charge in [0.15, 0.2) is 5.82 Å². The van der Waals surface area contributed by atoms with E-state index in [0.29, 0.717) is 42.7 Å². The normalized spacial score (nSPS) is 23.8. The molecule has 1 aliphatic heterocycles. The fraction of sp³-hybridized carbons (Fsp3) is 0.586. The number of benzene rings is 1. The first kappa shape index (κ1) is 29.1. The summed E-state index contributed by atoms with van der Waals surface area (Å²) in [6, 6.07) is 4.05. The number of H-pyrrole nitrogens is 1. The molecule has 2 fully saturated rings. The Kier molecular flexibility index (Phi) is 7.63. The third-order valence-corrected chi connectivity index (χ3v) is 8.36. The van der Waals surface area contributed by atoms with Crippen LogP contribution in [0.4, 0.5) is 17.6 Å². The van der Waals surface area contributed by atoms with Crippen LogP contribution >= 0.6 is 0 Å². The van der Waals surface area contributed by atoms with Crippen molar-refractivity contribution in [2.24, 2.45) is 18.9 Å². The van der Waals surface area contributed by atoms with Gasteiger partial charge in [0, 0.05) is 18.8 Å². The molecule has 1 saturated carbocycles. The van der Waals surface area contributed by atoms with E-state index in [1.54, 1.807) is 26.1 Å². The second kappa shape index (κ2) is 10.8. The number of alkyl halides is 3. The summed E-state index contributed by atoms with van der Waals surface area (Å²) in [5.41, 5.74) is -0.485. The Bertz CT molecular complexity index is 1430. The van der Waals surface area contributed by atoms with Gasteiger partial charge in [-0.25, -0.2) is 22.5 Å². The van der Waals surface area contributed by atoms with Crippen molar-refractivity contribution in [3.05, 3.63) is 47.3 Å².